The van der Waals surface area contributed by atoms with E-state index in [1.807, 2.05) is 24.3 Å². The molecule has 1 amide bonds. The lowest BCUT2D eigenvalue weighted by atomic mass is 9.81. The number of esters is 1. The molecule has 1 spiro atoms. The third-order valence-corrected chi connectivity index (χ3v) is 5.35. The van der Waals surface area contributed by atoms with Crippen LogP contribution in [-0.2, 0) is 19.7 Å². The highest BCUT2D eigenvalue weighted by Crippen LogP contribution is 2.66. The molecule has 5 nitrogen and oxygen atoms in total. The van der Waals surface area contributed by atoms with Crippen LogP contribution in [0.5, 0.6) is 0 Å². The van der Waals surface area contributed by atoms with Gasteiger partial charge in [-0.3, -0.25) is 14.4 Å². The van der Waals surface area contributed by atoms with Crippen molar-refractivity contribution in [1.82, 2.24) is 4.90 Å². The number of piperidine rings is 1. The smallest absolute Gasteiger partial charge is 0.306 e. The largest absolute Gasteiger partial charge is 0.466 e. The van der Waals surface area contributed by atoms with Gasteiger partial charge in [-0.1, -0.05) is 24.3 Å². The normalized spacial score (nSPS) is 26.2. The van der Waals surface area contributed by atoms with E-state index in [1.165, 1.54) is 0 Å². The van der Waals surface area contributed by atoms with Crippen LogP contribution in [0, 0.1) is 5.92 Å². The molecule has 124 valence electrons. The first-order chi connectivity index (χ1) is 11.6. The van der Waals surface area contributed by atoms with Crippen molar-refractivity contribution in [2.45, 2.75) is 31.6 Å². The Hall–Kier alpha value is -2.43. The molecule has 2 atom stereocenters. The van der Waals surface area contributed by atoms with Crippen molar-refractivity contribution in [3.8, 4) is 0 Å². The fourth-order valence-corrected chi connectivity index (χ4v) is 4.20. The molecule has 2 fully saturated rings. The molecule has 1 saturated carbocycles. The number of benzene rings is 1. The number of ether oxygens (including phenoxy) is 1. The van der Waals surface area contributed by atoms with Crippen LogP contribution >= 0.6 is 0 Å². The SMILES string of the molecule is CCOC(=O)CCC(=O)N1CC2CC23C1=CC(=O)c1ccccc13. The van der Waals surface area contributed by atoms with Gasteiger partial charge in [0.05, 0.1) is 13.0 Å². The van der Waals surface area contributed by atoms with Crippen molar-refractivity contribution >= 4 is 17.7 Å². The monoisotopic (exact) mass is 325 g/mol. The number of carbonyl (C=O) groups is 3. The van der Waals surface area contributed by atoms with Crippen LogP contribution in [0.1, 0.15) is 42.1 Å². The third-order valence-electron chi connectivity index (χ3n) is 5.35. The quantitative estimate of drug-likeness (QED) is 0.796. The zero-order valence-electron chi connectivity index (χ0n) is 13.6. The number of rotatable bonds is 4. The van der Waals surface area contributed by atoms with Crippen LogP contribution < -0.4 is 0 Å². The first-order valence-electron chi connectivity index (χ1n) is 8.40. The molecule has 5 heteroatoms. The number of ketones is 1. The summed E-state index contributed by atoms with van der Waals surface area (Å²) >= 11 is 0. The molecule has 4 rings (SSSR count). The fraction of sp³-hybridized carbons (Fsp3) is 0.421. The molecule has 3 aliphatic rings. The molecular formula is C19H19NO4. The lowest BCUT2D eigenvalue weighted by Gasteiger charge is -2.29. The maximum atomic E-state index is 12.6. The minimum atomic E-state index is -0.357. The van der Waals surface area contributed by atoms with E-state index in [4.69, 9.17) is 4.74 Å². The molecule has 0 bridgehead atoms. The average Bonchev–Trinajstić information content (AvgIpc) is 3.21. The standard InChI is InChI=1S/C19H19NO4/c1-2-24-18(23)8-7-17(22)20-11-12-10-19(12)14-6-4-3-5-13(14)15(21)9-16(19)20/h3-6,9,12H,2,7-8,10-11H2,1H3. The molecule has 1 heterocycles. The van der Waals surface area contributed by atoms with E-state index in [0.717, 1.165) is 23.2 Å². The summed E-state index contributed by atoms with van der Waals surface area (Å²) in [5, 5.41) is 0. The van der Waals surface area contributed by atoms with E-state index in [0.29, 0.717) is 19.1 Å². The molecule has 0 radical (unpaired) electrons. The van der Waals surface area contributed by atoms with E-state index in [9.17, 15) is 14.4 Å². The number of likely N-dealkylation sites (tertiary alicyclic amines) is 1. The minimum Gasteiger partial charge on any atom is -0.466 e. The van der Waals surface area contributed by atoms with Gasteiger partial charge >= 0.3 is 5.97 Å². The molecule has 1 aromatic carbocycles. The summed E-state index contributed by atoms with van der Waals surface area (Å²) in [6.07, 6.45) is 2.82. The van der Waals surface area contributed by atoms with Gasteiger partial charge in [0.15, 0.2) is 5.78 Å². The lowest BCUT2D eigenvalue weighted by Crippen LogP contribution is -2.33. The van der Waals surface area contributed by atoms with Crippen molar-refractivity contribution in [2.24, 2.45) is 5.92 Å². The van der Waals surface area contributed by atoms with Crippen LogP contribution in [0.15, 0.2) is 36.0 Å². The number of carbonyl (C=O) groups excluding carboxylic acids is 3. The summed E-state index contributed by atoms with van der Waals surface area (Å²) in [4.78, 5) is 38.2. The number of amides is 1. The number of nitrogens with zero attached hydrogens (tertiary/aromatic N) is 1. The summed E-state index contributed by atoms with van der Waals surface area (Å²) in [5.41, 5.74) is 2.47. The van der Waals surface area contributed by atoms with E-state index in [2.05, 4.69) is 0 Å². The molecular weight excluding hydrogens is 306 g/mol. The van der Waals surface area contributed by atoms with E-state index in [-0.39, 0.29) is 35.9 Å². The maximum absolute atomic E-state index is 12.6. The second-order valence-corrected chi connectivity index (χ2v) is 6.62. The first-order valence-corrected chi connectivity index (χ1v) is 8.40. The molecule has 1 aliphatic heterocycles. The van der Waals surface area contributed by atoms with Crippen molar-refractivity contribution < 1.29 is 19.1 Å². The van der Waals surface area contributed by atoms with Gasteiger partial charge in [0.2, 0.25) is 5.91 Å². The first kappa shape index (κ1) is 15.1. The Kier molecular flexibility index (Phi) is 3.34. The van der Waals surface area contributed by atoms with Gasteiger partial charge in [-0.15, -0.1) is 0 Å². The highest BCUT2D eigenvalue weighted by Gasteiger charge is 2.67. The van der Waals surface area contributed by atoms with Crippen LogP contribution in [0.3, 0.4) is 0 Å². The van der Waals surface area contributed by atoms with Gasteiger partial charge in [-0.2, -0.15) is 0 Å². The Morgan fingerprint density at radius 3 is 2.88 bits per heavy atom. The Morgan fingerprint density at radius 2 is 2.08 bits per heavy atom. The van der Waals surface area contributed by atoms with Gasteiger partial charge < -0.3 is 9.64 Å². The molecule has 2 aliphatic carbocycles. The second kappa shape index (κ2) is 5.30. The van der Waals surface area contributed by atoms with Crippen molar-refractivity contribution in [1.29, 1.82) is 0 Å². The highest BCUT2D eigenvalue weighted by atomic mass is 16.5. The van der Waals surface area contributed by atoms with E-state index in [1.54, 1.807) is 17.9 Å². The molecule has 24 heavy (non-hydrogen) atoms. The van der Waals surface area contributed by atoms with Crippen molar-refractivity contribution in [3.05, 3.63) is 47.2 Å². The number of hydrogen-bond acceptors (Lipinski definition) is 4. The number of hydrogen-bond donors (Lipinski definition) is 0. The number of allylic oxidation sites excluding steroid dienone is 2. The van der Waals surface area contributed by atoms with Crippen molar-refractivity contribution in [3.63, 3.8) is 0 Å². The Bertz CT molecular complexity index is 781. The van der Waals surface area contributed by atoms with Gasteiger partial charge in [-0.05, 0) is 24.8 Å². The van der Waals surface area contributed by atoms with Gasteiger partial charge in [0, 0.05) is 35.7 Å². The topological polar surface area (TPSA) is 63.7 Å². The minimum absolute atomic E-state index is 0.0398. The lowest BCUT2D eigenvalue weighted by molar-refractivity contribution is -0.145. The van der Waals surface area contributed by atoms with Crippen LogP contribution in [-0.4, -0.2) is 35.7 Å². The Morgan fingerprint density at radius 1 is 1.29 bits per heavy atom. The summed E-state index contributed by atoms with van der Waals surface area (Å²) in [6.45, 7) is 2.70. The predicted molar refractivity (Wildman–Crippen MR) is 86.2 cm³/mol. The molecule has 0 aromatic heterocycles. The molecule has 2 unspecified atom stereocenters. The summed E-state index contributed by atoms with van der Waals surface area (Å²) < 4.78 is 4.88. The van der Waals surface area contributed by atoms with E-state index >= 15 is 0 Å². The second-order valence-electron chi connectivity index (χ2n) is 6.62. The van der Waals surface area contributed by atoms with Crippen molar-refractivity contribution in [2.75, 3.05) is 13.2 Å². The van der Waals surface area contributed by atoms with Crippen LogP contribution in [0.25, 0.3) is 0 Å². The van der Waals surface area contributed by atoms with Gasteiger partial charge in [0.1, 0.15) is 0 Å². The Balaban J connectivity index is 1.57. The molecule has 1 saturated heterocycles. The zero-order valence-corrected chi connectivity index (χ0v) is 13.6. The maximum Gasteiger partial charge on any atom is 0.306 e. The van der Waals surface area contributed by atoms with Crippen LogP contribution in [0.2, 0.25) is 0 Å². The zero-order chi connectivity index (χ0) is 16.9. The molecule has 0 N–H and O–H groups in total. The fourth-order valence-electron chi connectivity index (χ4n) is 4.20. The van der Waals surface area contributed by atoms with E-state index < -0.39 is 0 Å². The summed E-state index contributed by atoms with van der Waals surface area (Å²) in [5.74, 6) is -0.122. The van der Waals surface area contributed by atoms with Gasteiger partial charge in [-0.25, -0.2) is 0 Å². The molecule has 1 aromatic rings. The average molecular weight is 325 g/mol. The highest BCUT2D eigenvalue weighted by molar-refractivity contribution is 6.09. The summed E-state index contributed by atoms with van der Waals surface area (Å²) in [6, 6.07) is 7.69. The summed E-state index contributed by atoms with van der Waals surface area (Å²) in [7, 11) is 0. The number of fused-ring (bicyclic) bond motifs is 1. The predicted octanol–water partition coefficient (Wildman–Crippen LogP) is 2.21. The Labute approximate surface area is 140 Å². The van der Waals surface area contributed by atoms with Gasteiger partial charge in [0.25, 0.3) is 0 Å². The third kappa shape index (κ3) is 2.04. The van der Waals surface area contributed by atoms with Crippen LogP contribution in [0.4, 0.5) is 0 Å².